The Balaban J connectivity index is 1.70. The van der Waals surface area contributed by atoms with Crippen LogP contribution in [0.2, 0.25) is 0 Å². The smallest absolute Gasteiger partial charge is 0.416 e. The molecule has 3 aromatic rings. The number of methoxy groups -OCH3 is 1. The average Bonchev–Trinajstić information content (AvgIpc) is 2.91. The lowest BCUT2D eigenvalue weighted by atomic mass is 10.2. The van der Waals surface area contributed by atoms with E-state index in [1.807, 2.05) is 19.1 Å². The first-order valence-corrected chi connectivity index (χ1v) is 11.4. The minimum absolute atomic E-state index is 0.143. The summed E-state index contributed by atoms with van der Waals surface area (Å²) in [4.78, 5) is 25.1. The number of hydrogen-bond acceptors (Lipinski definition) is 6. The number of carbonyl (C=O) groups excluding carboxylic acids is 2. The van der Waals surface area contributed by atoms with E-state index in [0.717, 1.165) is 28.8 Å². The highest BCUT2D eigenvalue weighted by Crippen LogP contribution is 2.32. The van der Waals surface area contributed by atoms with Crippen molar-refractivity contribution in [2.75, 3.05) is 25.3 Å². The Morgan fingerprint density at radius 1 is 0.921 bits per heavy atom. The number of nitrogens with zero attached hydrogens (tertiary/aromatic N) is 2. The number of amides is 1. The molecular formula is C28H25F3N2O5. The maximum Gasteiger partial charge on any atom is 0.416 e. The van der Waals surface area contributed by atoms with Gasteiger partial charge in [-0.15, -0.1) is 0 Å². The fraction of sp³-hybridized carbons (Fsp3) is 0.179. The number of halogens is 3. The normalized spacial score (nSPS) is 11.5. The molecule has 0 fully saturated rings. The summed E-state index contributed by atoms with van der Waals surface area (Å²) in [6.45, 7) is 0.570. The highest BCUT2D eigenvalue weighted by molar-refractivity contribution is 5.96. The predicted octanol–water partition coefficient (Wildman–Crippen LogP) is 5.74. The number of hydrazone groups is 1. The van der Waals surface area contributed by atoms with Gasteiger partial charge in [-0.3, -0.25) is 4.79 Å². The van der Waals surface area contributed by atoms with E-state index in [1.165, 1.54) is 19.4 Å². The predicted molar refractivity (Wildman–Crippen MR) is 137 cm³/mol. The van der Waals surface area contributed by atoms with Gasteiger partial charge in [0.2, 0.25) is 0 Å². The van der Waals surface area contributed by atoms with Gasteiger partial charge in [0.15, 0.2) is 24.7 Å². The van der Waals surface area contributed by atoms with Crippen LogP contribution in [0.5, 0.6) is 11.5 Å². The molecule has 7 nitrogen and oxygen atoms in total. The summed E-state index contributed by atoms with van der Waals surface area (Å²) >= 11 is 0. The Morgan fingerprint density at radius 2 is 1.68 bits per heavy atom. The van der Waals surface area contributed by atoms with Crippen LogP contribution in [-0.4, -0.2) is 38.4 Å². The van der Waals surface area contributed by atoms with Crippen molar-refractivity contribution >= 4 is 29.9 Å². The number of ether oxygens (including phenoxy) is 3. The summed E-state index contributed by atoms with van der Waals surface area (Å²) in [5.74, 6) is -1.04. The van der Waals surface area contributed by atoms with Crippen molar-refractivity contribution in [2.45, 2.75) is 13.1 Å². The molecule has 198 valence electrons. The topological polar surface area (TPSA) is 77.4 Å². The quantitative estimate of drug-likeness (QED) is 0.191. The second-order valence-electron chi connectivity index (χ2n) is 7.77. The summed E-state index contributed by atoms with van der Waals surface area (Å²) in [7, 11) is 1.46. The van der Waals surface area contributed by atoms with Gasteiger partial charge in [-0.1, -0.05) is 54.6 Å². The summed E-state index contributed by atoms with van der Waals surface area (Å²) in [6, 6.07) is 17.9. The molecule has 0 aliphatic carbocycles. The molecule has 0 N–H and O–H groups in total. The molecule has 0 heterocycles. The van der Waals surface area contributed by atoms with Gasteiger partial charge in [0.1, 0.15) is 0 Å². The molecule has 1 amide bonds. The van der Waals surface area contributed by atoms with E-state index in [1.54, 1.807) is 48.5 Å². The van der Waals surface area contributed by atoms with E-state index in [-0.39, 0.29) is 5.69 Å². The third-order valence-corrected chi connectivity index (χ3v) is 5.03. The first-order chi connectivity index (χ1) is 18.2. The molecule has 0 spiro atoms. The molecule has 38 heavy (non-hydrogen) atoms. The largest absolute Gasteiger partial charge is 0.493 e. The molecular weight excluding hydrogens is 501 g/mol. The molecule has 0 bridgehead atoms. The van der Waals surface area contributed by atoms with Crippen molar-refractivity contribution in [2.24, 2.45) is 5.10 Å². The Morgan fingerprint density at radius 3 is 2.37 bits per heavy atom. The van der Waals surface area contributed by atoms with E-state index < -0.39 is 36.8 Å². The van der Waals surface area contributed by atoms with E-state index in [4.69, 9.17) is 14.2 Å². The van der Waals surface area contributed by atoms with Crippen LogP contribution in [0, 0.1) is 0 Å². The van der Waals surface area contributed by atoms with Gasteiger partial charge in [0.05, 0.1) is 24.6 Å². The number of benzene rings is 3. The SMILES string of the molecule is C/C=C/c1ccc(OCC(=O)OCC(=O)N(/N=C/c2ccccc2)c2cccc(C(F)(F)F)c2)c(OC)c1. The zero-order valence-corrected chi connectivity index (χ0v) is 20.6. The monoisotopic (exact) mass is 526 g/mol. The summed E-state index contributed by atoms with van der Waals surface area (Å²) in [5.41, 5.74) is 0.380. The number of esters is 1. The minimum Gasteiger partial charge on any atom is -0.493 e. The van der Waals surface area contributed by atoms with Crippen molar-refractivity contribution in [3.63, 3.8) is 0 Å². The van der Waals surface area contributed by atoms with Crippen molar-refractivity contribution < 1.29 is 37.0 Å². The highest BCUT2D eigenvalue weighted by Gasteiger charge is 2.31. The van der Waals surface area contributed by atoms with Crippen LogP contribution in [0.15, 0.2) is 84.0 Å². The number of alkyl halides is 3. The fourth-order valence-electron chi connectivity index (χ4n) is 3.23. The van der Waals surface area contributed by atoms with Crippen LogP contribution < -0.4 is 14.5 Å². The lowest BCUT2D eigenvalue weighted by molar-refractivity contribution is -0.149. The molecule has 0 atom stereocenters. The van der Waals surface area contributed by atoms with Crippen LogP contribution in [0.4, 0.5) is 18.9 Å². The first-order valence-electron chi connectivity index (χ1n) is 11.4. The molecule has 0 aliphatic rings. The summed E-state index contributed by atoms with van der Waals surface area (Å²) in [6.07, 6.45) is 0.412. The molecule has 0 aromatic heterocycles. The number of allylic oxidation sites excluding steroid dienone is 1. The molecule has 0 saturated carbocycles. The molecule has 0 unspecified atom stereocenters. The third kappa shape index (κ3) is 7.95. The molecule has 0 aliphatic heterocycles. The fourth-order valence-corrected chi connectivity index (χ4v) is 3.23. The molecule has 0 saturated heterocycles. The van der Waals surface area contributed by atoms with Gasteiger partial charge in [-0.05, 0) is 48.4 Å². The molecule has 3 aromatic carbocycles. The Hall–Kier alpha value is -4.60. The standard InChI is InChI=1S/C28H25F3N2O5/c1-3-8-20-13-14-24(25(15-20)36-2)37-19-27(35)38-18-26(34)33(32-17-21-9-5-4-6-10-21)23-12-7-11-22(16-23)28(29,30)31/h3-17H,18-19H2,1-2H3/b8-3+,32-17+. The molecule has 3 rings (SSSR count). The van der Waals surface area contributed by atoms with Gasteiger partial charge in [0, 0.05) is 0 Å². The Labute approximate surface area is 217 Å². The second kappa shape index (κ2) is 13.1. The van der Waals surface area contributed by atoms with Gasteiger partial charge in [-0.25, -0.2) is 4.79 Å². The maximum atomic E-state index is 13.2. The van der Waals surface area contributed by atoms with E-state index in [0.29, 0.717) is 17.1 Å². The van der Waals surface area contributed by atoms with Crippen molar-refractivity contribution in [1.29, 1.82) is 0 Å². The van der Waals surface area contributed by atoms with Crippen molar-refractivity contribution in [3.8, 4) is 11.5 Å². The molecule has 0 radical (unpaired) electrons. The maximum absolute atomic E-state index is 13.2. The van der Waals surface area contributed by atoms with Crippen molar-refractivity contribution in [1.82, 2.24) is 0 Å². The number of hydrogen-bond donors (Lipinski definition) is 0. The van der Waals surface area contributed by atoms with Gasteiger partial charge in [-0.2, -0.15) is 23.3 Å². The minimum atomic E-state index is -4.62. The van der Waals surface area contributed by atoms with Crippen LogP contribution in [0.3, 0.4) is 0 Å². The van der Waals surface area contributed by atoms with Crippen LogP contribution in [-0.2, 0) is 20.5 Å². The first kappa shape index (κ1) is 28.0. The van der Waals surface area contributed by atoms with Gasteiger partial charge < -0.3 is 14.2 Å². The van der Waals surface area contributed by atoms with E-state index >= 15 is 0 Å². The highest BCUT2D eigenvalue weighted by atomic mass is 19.4. The summed E-state index contributed by atoms with van der Waals surface area (Å²) < 4.78 is 55.5. The van der Waals surface area contributed by atoms with Crippen LogP contribution in [0.25, 0.3) is 6.08 Å². The molecule has 10 heteroatoms. The van der Waals surface area contributed by atoms with Crippen LogP contribution in [0.1, 0.15) is 23.6 Å². The second-order valence-corrected chi connectivity index (χ2v) is 7.77. The van der Waals surface area contributed by atoms with Crippen LogP contribution >= 0.6 is 0 Å². The number of carbonyl (C=O) groups is 2. The zero-order valence-electron chi connectivity index (χ0n) is 20.6. The van der Waals surface area contributed by atoms with Gasteiger partial charge >= 0.3 is 12.1 Å². The Kier molecular flexibility index (Phi) is 9.64. The Bertz CT molecular complexity index is 1310. The lowest BCUT2D eigenvalue weighted by Crippen LogP contribution is -2.31. The summed E-state index contributed by atoms with van der Waals surface area (Å²) in [5, 5.41) is 4.80. The lowest BCUT2D eigenvalue weighted by Gasteiger charge is -2.19. The van der Waals surface area contributed by atoms with Crippen molar-refractivity contribution in [3.05, 3.63) is 95.6 Å². The van der Waals surface area contributed by atoms with E-state index in [9.17, 15) is 22.8 Å². The number of anilines is 1. The zero-order chi connectivity index (χ0) is 27.5. The average molecular weight is 527 g/mol. The number of rotatable bonds is 10. The third-order valence-electron chi connectivity index (χ3n) is 5.03. The van der Waals surface area contributed by atoms with Gasteiger partial charge in [0.25, 0.3) is 5.91 Å². The van der Waals surface area contributed by atoms with E-state index in [2.05, 4.69) is 5.10 Å².